The number of piperidine rings is 1. The number of nitrogens with one attached hydrogen (secondary N) is 2. The molecule has 7 rings (SSSR count). The van der Waals surface area contributed by atoms with Crippen molar-refractivity contribution < 1.29 is 9.59 Å². The van der Waals surface area contributed by atoms with Gasteiger partial charge < -0.3 is 14.5 Å². The summed E-state index contributed by atoms with van der Waals surface area (Å²) < 4.78 is 4.43. The molecule has 35 heavy (non-hydrogen) atoms. The molecule has 1 saturated heterocycles. The van der Waals surface area contributed by atoms with E-state index in [2.05, 4.69) is 33.4 Å². The molecular weight excluding hydrogens is 436 g/mol. The van der Waals surface area contributed by atoms with E-state index in [4.69, 9.17) is 0 Å². The quantitative estimate of drug-likeness (QED) is 0.441. The fraction of sp³-hybridized carbons (Fsp3) is 0.310. The van der Waals surface area contributed by atoms with Crippen LogP contribution in [0.5, 0.6) is 0 Å². The molecule has 6 heteroatoms. The lowest BCUT2D eigenvalue weighted by Crippen LogP contribution is -2.44. The van der Waals surface area contributed by atoms with Crippen molar-refractivity contribution in [3.05, 3.63) is 71.5 Å². The molecule has 5 heterocycles. The van der Waals surface area contributed by atoms with Crippen molar-refractivity contribution in [1.29, 1.82) is 0 Å². The summed E-state index contributed by atoms with van der Waals surface area (Å²) in [5, 5.41) is 8.29. The van der Waals surface area contributed by atoms with Gasteiger partial charge in [-0.25, -0.2) is 0 Å². The molecule has 2 N–H and O–H groups in total. The maximum absolute atomic E-state index is 13.5. The minimum Gasteiger partial charge on any atom is -0.350 e. The zero-order valence-electron chi connectivity index (χ0n) is 19.9. The minimum absolute atomic E-state index is 0.205. The Morgan fingerprint density at radius 2 is 1.63 bits per heavy atom. The van der Waals surface area contributed by atoms with Gasteiger partial charge in [-0.15, -0.1) is 0 Å². The Morgan fingerprint density at radius 3 is 2.43 bits per heavy atom. The second-order valence-electron chi connectivity index (χ2n) is 10.4. The molecule has 1 atom stereocenters. The number of hydrogen-bond donors (Lipinski definition) is 2. The molecular formula is C29H28N4O2. The molecule has 0 bridgehead atoms. The number of hydrogen-bond acceptors (Lipinski definition) is 3. The predicted molar refractivity (Wildman–Crippen MR) is 138 cm³/mol. The number of benzene rings is 2. The van der Waals surface area contributed by atoms with E-state index in [1.807, 2.05) is 48.1 Å². The van der Waals surface area contributed by atoms with E-state index < -0.39 is 0 Å². The highest BCUT2D eigenvalue weighted by Crippen LogP contribution is 2.46. The van der Waals surface area contributed by atoms with Crippen molar-refractivity contribution in [1.82, 2.24) is 19.8 Å². The summed E-state index contributed by atoms with van der Waals surface area (Å²) in [7, 11) is 1.98. The van der Waals surface area contributed by atoms with E-state index in [0.29, 0.717) is 11.1 Å². The molecule has 1 unspecified atom stereocenters. The molecule has 4 aromatic rings. The first-order chi connectivity index (χ1) is 17.1. The maximum atomic E-state index is 13.5. The second kappa shape index (κ2) is 7.43. The minimum atomic E-state index is -0.310. The topological polar surface area (TPSA) is 68.1 Å². The SMILES string of the molecule is Cn1cc(C2=C(c3c4n(c5ccccc35)CCC3(CCCNC3)C4)C(=O)NC2=O)c2ccccc21. The predicted octanol–water partition coefficient (Wildman–Crippen LogP) is 4.02. The highest BCUT2D eigenvalue weighted by atomic mass is 16.2. The molecule has 3 aliphatic rings. The molecule has 0 saturated carbocycles. The van der Waals surface area contributed by atoms with Gasteiger partial charge in [-0.05, 0) is 49.8 Å². The number of para-hydroxylation sites is 2. The third-order valence-electron chi connectivity index (χ3n) is 8.39. The first-order valence-corrected chi connectivity index (χ1v) is 12.5. The highest BCUT2D eigenvalue weighted by Gasteiger charge is 2.42. The van der Waals surface area contributed by atoms with Gasteiger partial charge in [0.25, 0.3) is 11.8 Å². The lowest BCUT2D eigenvalue weighted by Gasteiger charge is -2.42. The Hall–Kier alpha value is -3.64. The van der Waals surface area contributed by atoms with Crippen molar-refractivity contribution in [2.45, 2.75) is 32.2 Å². The highest BCUT2D eigenvalue weighted by molar-refractivity contribution is 6.51. The summed E-state index contributed by atoms with van der Waals surface area (Å²) in [6.45, 7) is 3.02. The number of aromatic nitrogens is 2. The Bertz CT molecular complexity index is 1580. The van der Waals surface area contributed by atoms with Crippen LogP contribution in [-0.4, -0.2) is 34.0 Å². The van der Waals surface area contributed by atoms with E-state index >= 15 is 0 Å². The maximum Gasteiger partial charge on any atom is 0.259 e. The molecule has 1 fully saturated rings. The summed E-state index contributed by atoms with van der Waals surface area (Å²) in [6, 6.07) is 16.4. The Kier molecular flexibility index (Phi) is 4.39. The first-order valence-electron chi connectivity index (χ1n) is 12.5. The van der Waals surface area contributed by atoms with Crippen LogP contribution in [0.3, 0.4) is 0 Å². The summed E-state index contributed by atoms with van der Waals surface area (Å²) in [5.74, 6) is -0.603. The van der Waals surface area contributed by atoms with Crippen LogP contribution in [-0.2, 0) is 29.6 Å². The van der Waals surface area contributed by atoms with Gasteiger partial charge in [0.05, 0.1) is 11.1 Å². The smallest absolute Gasteiger partial charge is 0.259 e. The van der Waals surface area contributed by atoms with Crippen LogP contribution < -0.4 is 10.6 Å². The number of rotatable bonds is 2. The van der Waals surface area contributed by atoms with E-state index in [0.717, 1.165) is 65.4 Å². The summed E-state index contributed by atoms with van der Waals surface area (Å²) in [4.78, 5) is 26.8. The fourth-order valence-corrected chi connectivity index (χ4v) is 6.75. The van der Waals surface area contributed by atoms with Gasteiger partial charge in [-0.1, -0.05) is 36.4 Å². The van der Waals surface area contributed by atoms with Crippen molar-refractivity contribution in [2.75, 3.05) is 13.1 Å². The largest absolute Gasteiger partial charge is 0.350 e. The molecule has 0 radical (unpaired) electrons. The lowest BCUT2D eigenvalue weighted by molar-refractivity contribution is -0.122. The van der Waals surface area contributed by atoms with Gasteiger partial charge in [0.15, 0.2) is 0 Å². The number of aryl methyl sites for hydroxylation is 2. The van der Waals surface area contributed by atoms with E-state index in [9.17, 15) is 9.59 Å². The van der Waals surface area contributed by atoms with Gasteiger partial charge in [0.2, 0.25) is 0 Å². The van der Waals surface area contributed by atoms with E-state index in [1.165, 1.54) is 18.5 Å². The standard InChI is InChI=1S/C29H28N4O2/c1-32-16-20(18-7-2-4-9-21(18)32)25-26(28(35)31-27(25)34)24-19-8-3-5-10-22(19)33-14-12-29(15-23(24)33)11-6-13-30-17-29/h2-5,7-10,16,30H,6,11-15,17H2,1H3,(H,31,34,35). The van der Waals surface area contributed by atoms with Gasteiger partial charge in [0, 0.05) is 65.0 Å². The number of carbonyl (C=O) groups is 2. The zero-order chi connectivity index (χ0) is 23.7. The lowest BCUT2D eigenvalue weighted by atomic mass is 9.72. The zero-order valence-corrected chi connectivity index (χ0v) is 19.9. The first kappa shape index (κ1) is 20.7. The molecule has 2 aromatic heterocycles. The van der Waals surface area contributed by atoms with Crippen LogP contribution in [0.1, 0.15) is 36.1 Å². The second-order valence-corrected chi connectivity index (χ2v) is 10.4. The number of carbonyl (C=O) groups excluding carboxylic acids is 2. The van der Waals surface area contributed by atoms with Crippen LogP contribution in [0.4, 0.5) is 0 Å². The van der Waals surface area contributed by atoms with Crippen molar-refractivity contribution in [3.8, 4) is 0 Å². The Labute approximate surface area is 203 Å². The van der Waals surface area contributed by atoms with Crippen molar-refractivity contribution in [3.63, 3.8) is 0 Å². The molecule has 6 nitrogen and oxygen atoms in total. The summed E-state index contributed by atoms with van der Waals surface area (Å²) in [6.07, 6.45) is 6.40. The third-order valence-corrected chi connectivity index (χ3v) is 8.39. The normalized spacial score (nSPS) is 22.4. The van der Waals surface area contributed by atoms with Gasteiger partial charge >= 0.3 is 0 Å². The average molecular weight is 465 g/mol. The molecule has 1 spiro atoms. The van der Waals surface area contributed by atoms with E-state index in [-0.39, 0.29) is 17.2 Å². The van der Waals surface area contributed by atoms with Crippen molar-refractivity contribution in [2.24, 2.45) is 12.5 Å². The monoisotopic (exact) mass is 464 g/mol. The van der Waals surface area contributed by atoms with Crippen LogP contribution in [0, 0.1) is 5.41 Å². The molecule has 2 aromatic carbocycles. The number of nitrogens with zero attached hydrogens (tertiary/aromatic N) is 2. The van der Waals surface area contributed by atoms with Crippen LogP contribution in [0.2, 0.25) is 0 Å². The number of amides is 2. The van der Waals surface area contributed by atoms with Crippen LogP contribution in [0.15, 0.2) is 54.7 Å². The summed E-state index contributed by atoms with van der Waals surface area (Å²) in [5.41, 5.74) is 6.36. The molecule has 176 valence electrons. The molecule has 0 aliphatic carbocycles. The van der Waals surface area contributed by atoms with Crippen molar-refractivity contribution >= 4 is 44.8 Å². The summed E-state index contributed by atoms with van der Waals surface area (Å²) >= 11 is 0. The van der Waals surface area contributed by atoms with Gasteiger partial charge in [0.1, 0.15) is 0 Å². The van der Waals surface area contributed by atoms with Crippen LogP contribution in [0.25, 0.3) is 33.0 Å². The average Bonchev–Trinajstić information content (AvgIpc) is 3.47. The van der Waals surface area contributed by atoms with Gasteiger partial charge in [-0.2, -0.15) is 0 Å². The number of imide groups is 1. The van der Waals surface area contributed by atoms with Gasteiger partial charge in [-0.3, -0.25) is 14.9 Å². The third kappa shape index (κ3) is 2.93. The van der Waals surface area contributed by atoms with Crippen LogP contribution >= 0.6 is 0 Å². The number of fused-ring (bicyclic) bond motifs is 4. The Morgan fingerprint density at radius 1 is 0.886 bits per heavy atom. The Balaban J connectivity index is 1.53. The molecule has 2 amide bonds. The molecule has 3 aliphatic heterocycles. The van der Waals surface area contributed by atoms with E-state index in [1.54, 1.807) is 0 Å². The fourth-order valence-electron chi connectivity index (χ4n) is 6.75.